The molecule has 164 valence electrons. The molecule has 2 aliphatic carbocycles. The van der Waals surface area contributed by atoms with Crippen LogP contribution < -0.4 is 5.32 Å². The van der Waals surface area contributed by atoms with Crippen LogP contribution in [0.4, 0.5) is 17.6 Å². The normalized spacial score (nSPS) is 23.2. The average molecular weight is 435 g/mol. The van der Waals surface area contributed by atoms with Gasteiger partial charge in [-0.2, -0.15) is 18.4 Å². The molecule has 0 bridgehead atoms. The molecule has 2 N–H and O–H groups in total. The predicted octanol–water partition coefficient (Wildman–Crippen LogP) is 4.16. The van der Waals surface area contributed by atoms with Crippen molar-refractivity contribution in [2.45, 2.75) is 38.1 Å². The number of hydrogen-bond donors (Lipinski definition) is 2. The van der Waals surface area contributed by atoms with Gasteiger partial charge in [-0.05, 0) is 48.8 Å². The van der Waals surface area contributed by atoms with Crippen LogP contribution in [0.2, 0.25) is 0 Å². The average Bonchev–Trinajstić information content (AvgIpc) is 3.15. The van der Waals surface area contributed by atoms with E-state index in [0.29, 0.717) is 12.8 Å². The lowest BCUT2D eigenvalue weighted by Crippen LogP contribution is -2.47. The largest absolute Gasteiger partial charge is 0.396 e. The van der Waals surface area contributed by atoms with Gasteiger partial charge in [0.1, 0.15) is 5.83 Å². The van der Waals surface area contributed by atoms with E-state index in [1.807, 2.05) is 0 Å². The second-order valence-corrected chi connectivity index (χ2v) is 7.81. The van der Waals surface area contributed by atoms with Crippen molar-refractivity contribution in [3.05, 3.63) is 65.9 Å². The van der Waals surface area contributed by atoms with Gasteiger partial charge in [0.15, 0.2) is 5.60 Å². The smallest absolute Gasteiger partial charge is 0.378 e. The van der Waals surface area contributed by atoms with Crippen LogP contribution >= 0.6 is 0 Å². The number of nitrogens with zero attached hydrogens (tertiary/aromatic N) is 2. The molecular formula is C22H21F4N3O2. The predicted molar refractivity (Wildman–Crippen MR) is 105 cm³/mol. The number of alkyl halides is 3. The Balaban J connectivity index is 1.69. The highest BCUT2D eigenvalue weighted by Gasteiger charge is 2.44. The second-order valence-electron chi connectivity index (χ2n) is 7.81. The van der Waals surface area contributed by atoms with Crippen molar-refractivity contribution in [2.24, 2.45) is 11.8 Å². The molecule has 3 atom stereocenters. The Hall–Kier alpha value is -3.12. The van der Waals surface area contributed by atoms with E-state index in [4.69, 9.17) is 5.26 Å². The van der Waals surface area contributed by atoms with Crippen LogP contribution in [-0.4, -0.2) is 27.4 Å². The topological polar surface area (TPSA) is 78.1 Å². The monoisotopic (exact) mass is 435 g/mol. The molecular weight excluding hydrogens is 414 g/mol. The first kappa shape index (κ1) is 22.6. The Bertz CT molecular complexity index is 1020. The van der Waals surface area contributed by atoms with Gasteiger partial charge < -0.3 is 15.0 Å². The summed E-state index contributed by atoms with van der Waals surface area (Å²) in [4.78, 5) is 12.5. The van der Waals surface area contributed by atoms with Crippen LogP contribution in [0.1, 0.15) is 25.3 Å². The highest BCUT2D eigenvalue weighted by Crippen LogP contribution is 2.36. The van der Waals surface area contributed by atoms with E-state index in [1.54, 1.807) is 35.2 Å². The summed E-state index contributed by atoms with van der Waals surface area (Å²) in [5, 5.41) is 21.8. The molecule has 31 heavy (non-hydrogen) atoms. The molecule has 0 saturated heterocycles. The Morgan fingerprint density at radius 3 is 2.71 bits per heavy atom. The first-order valence-corrected chi connectivity index (χ1v) is 9.61. The molecule has 2 unspecified atom stereocenters. The Morgan fingerprint density at radius 2 is 2.10 bits per heavy atom. The van der Waals surface area contributed by atoms with Gasteiger partial charge in [0.05, 0.1) is 24.4 Å². The maximum Gasteiger partial charge on any atom is 0.396 e. The number of allylic oxidation sites excluding steroid dienone is 7. The van der Waals surface area contributed by atoms with Gasteiger partial charge in [-0.15, -0.1) is 0 Å². The number of aromatic nitrogens is 1. The molecule has 0 spiro atoms. The van der Waals surface area contributed by atoms with Crippen LogP contribution in [0.5, 0.6) is 0 Å². The highest BCUT2D eigenvalue weighted by molar-refractivity contribution is 5.86. The standard InChI is InChI=1S/C22H21F4N3O2/c1-21(31,13-29-9-8-16(12-29)14-2-5-17(23)6-3-14)20(30)28-18-7-4-15(11-27)19(10-18)22(24,25)26/h2,4-5,7-10,12,15,19,31H,3,6,13H2,1H3,(H,28,30)/t15?,19?,21-/m0/s1. The molecule has 9 heteroatoms. The number of carbonyl (C=O) groups excluding carboxylic acids is 1. The summed E-state index contributed by atoms with van der Waals surface area (Å²) in [7, 11) is 0. The number of hydrogen-bond acceptors (Lipinski definition) is 3. The lowest BCUT2D eigenvalue weighted by atomic mass is 9.88. The minimum Gasteiger partial charge on any atom is -0.378 e. The van der Waals surface area contributed by atoms with E-state index in [1.165, 1.54) is 19.1 Å². The summed E-state index contributed by atoms with van der Waals surface area (Å²) in [6, 6.07) is 3.36. The van der Waals surface area contributed by atoms with Gasteiger partial charge in [0.2, 0.25) is 0 Å². The molecule has 0 saturated carbocycles. The molecule has 1 amide bonds. The zero-order valence-electron chi connectivity index (χ0n) is 16.7. The summed E-state index contributed by atoms with van der Waals surface area (Å²) in [6.07, 6.45) is 5.72. The quantitative estimate of drug-likeness (QED) is 0.682. The second kappa shape index (κ2) is 8.55. The van der Waals surface area contributed by atoms with Crippen molar-refractivity contribution in [1.82, 2.24) is 9.88 Å². The minimum absolute atomic E-state index is 0.131. The van der Waals surface area contributed by atoms with E-state index >= 15 is 0 Å². The molecule has 5 nitrogen and oxygen atoms in total. The first-order chi connectivity index (χ1) is 14.5. The van der Waals surface area contributed by atoms with E-state index < -0.39 is 29.5 Å². The minimum atomic E-state index is -4.64. The van der Waals surface area contributed by atoms with Gasteiger partial charge in [-0.1, -0.05) is 12.2 Å². The molecule has 0 aliphatic heterocycles. The van der Waals surface area contributed by atoms with E-state index in [0.717, 1.165) is 23.3 Å². The maximum atomic E-state index is 13.2. The van der Waals surface area contributed by atoms with Gasteiger partial charge >= 0.3 is 6.18 Å². The van der Waals surface area contributed by atoms with Gasteiger partial charge in [-0.3, -0.25) is 4.79 Å². The van der Waals surface area contributed by atoms with Crippen LogP contribution in [0, 0.1) is 23.2 Å². The lowest BCUT2D eigenvalue weighted by Gasteiger charge is -2.26. The van der Waals surface area contributed by atoms with Crippen molar-refractivity contribution >= 4 is 11.5 Å². The van der Waals surface area contributed by atoms with Crippen molar-refractivity contribution < 1.29 is 27.5 Å². The maximum absolute atomic E-state index is 13.2. The molecule has 0 radical (unpaired) electrons. The zero-order valence-corrected chi connectivity index (χ0v) is 16.7. The SMILES string of the molecule is C[C@](O)(Cn1ccc(C2=CC=C(F)CC2)c1)C(=O)NC1=CC(C(F)(F)F)C(C#N)C=C1. The number of nitriles is 1. The Morgan fingerprint density at radius 1 is 1.35 bits per heavy atom. The Labute approximate surface area is 176 Å². The van der Waals surface area contributed by atoms with Crippen LogP contribution in [-0.2, 0) is 11.3 Å². The van der Waals surface area contributed by atoms with Gasteiger partial charge in [0, 0.05) is 24.5 Å². The van der Waals surface area contributed by atoms with Crippen LogP contribution in [0.25, 0.3) is 5.57 Å². The third-order valence-electron chi connectivity index (χ3n) is 5.21. The van der Waals surface area contributed by atoms with Crippen LogP contribution in [0.3, 0.4) is 0 Å². The molecule has 2 aliphatic rings. The summed E-state index contributed by atoms with van der Waals surface area (Å²) < 4.78 is 54.2. The Kier molecular flexibility index (Phi) is 6.23. The summed E-state index contributed by atoms with van der Waals surface area (Å²) in [5.74, 6) is -4.49. The molecule has 0 aromatic carbocycles. The molecule has 0 fully saturated rings. The van der Waals surface area contributed by atoms with E-state index in [9.17, 15) is 27.5 Å². The number of nitrogens with one attached hydrogen (secondary N) is 1. The highest BCUT2D eigenvalue weighted by atomic mass is 19.4. The number of carbonyl (C=O) groups is 1. The third-order valence-corrected chi connectivity index (χ3v) is 5.21. The van der Waals surface area contributed by atoms with Gasteiger partial charge in [-0.25, -0.2) is 4.39 Å². The van der Waals surface area contributed by atoms with Crippen molar-refractivity contribution in [1.29, 1.82) is 5.26 Å². The number of halogens is 4. The van der Waals surface area contributed by atoms with Gasteiger partial charge in [0.25, 0.3) is 5.91 Å². The van der Waals surface area contributed by atoms with Crippen molar-refractivity contribution in [3.63, 3.8) is 0 Å². The number of amides is 1. The molecule has 3 rings (SSSR count). The number of rotatable bonds is 5. The fourth-order valence-electron chi connectivity index (χ4n) is 3.46. The first-order valence-electron chi connectivity index (χ1n) is 9.61. The zero-order chi connectivity index (χ0) is 22.8. The van der Waals surface area contributed by atoms with E-state index in [2.05, 4.69) is 5.32 Å². The fraction of sp³-hybridized carbons (Fsp3) is 0.364. The van der Waals surface area contributed by atoms with E-state index in [-0.39, 0.29) is 18.1 Å². The summed E-state index contributed by atoms with van der Waals surface area (Å²) in [6.45, 7) is 1.11. The molecule has 1 aromatic rings. The molecule has 1 aromatic heterocycles. The lowest BCUT2D eigenvalue weighted by molar-refractivity contribution is -0.166. The van der Waals surface area contributed by atoms with Crippen molar-refractivity contribution in [2.75, 3.05) is 0 Å². The number of aliphatic hydroxyl groups is 1. The molecule has 1 heterocycles. The van der Waals surface area contributed by atoms with Crippen LogP contribution in [0.15, 0.2) is 60.4 Å². The summed E-state index contributed by atoms with van der Waals surface area (Å²) >= 11 is 0. The van der Waals surface area contributed by atoms with Crippen molar-refractivity contribution in [3.8, 4) is 6.07 Å². The fourth-order valence-corrected chi connectivity index (χ4v) is 3.46. The summed E-state index contributed by atoms with van der Waals surface area (Å²) in [5.41, 5.74) is -0.300. The third kappa shape index (κ3) is 5.33.